The van der Waals surface area contributed by atoms with Crippen molar-refractivity contribution >= 4 is 16.6 Å². The van der Waals surface area contributed by atoms with E-state index in [-0.39, 0.29) is 5.78 Å². The van der Waals surface area contributed by atoms with Crippen LogP contribution >= 0.6 is 0 Å². The average Bonchev–Trinajstić information content (AvgIpc) is 2.23. The highest BCUT2D eigenvalue weighted by Gasteiger charge is 2.04. The predicted molar refractivity (Wildman–Crippen MR) is 63.4 cm³/mol. The first-order valence-corrected chi connectivity index (χ1v) is 5.10. The van der Waals surface area contributed by atoms with Crippen LogP contribution in [0.3, 0.4) is 0 Å². The summed E-state index contributed by atoms with van der Waals surface area (Å²) in [6, 6.07) is 10.1. The second-order valence-electron chi connectivity index (χ2n) is 4.00. The molecule has 0 aliphatic rings. The summed E-state index contributed by atoms with van der Waals surface area (Å²) in [6.07, 6.45) is 0. The van der Waals surface area contributed by atoms with Crippen LogP contribution in [-0.4, -0.2) is 5.78 Å². The third kappa shape index (κ3) is 1.65. The van der Waals surface area contributed by atoms with Crippen LogP contribution in [0.1, 0.15) is 28.4 Å². The van der Waals surface area contributed by atoms with Crippen LogP contribution in [0, 0.1) is 13.8 Å². The molecule has 0 spiro atoms. The number of fused-ring (bicyclic) bond motifs is 1. The van der Waals surface area contributed by atoms with Gasteiger partial charge in [-0.3, -0.25) is 4.79 Å². The fourth-order valence-corrected chi connectivity index (χ4v) is 1.80. The molecule has 0 aliphatic carbocycles. The minimum atomic E-state index is 0.123. The third-order valence-electron chi connectivity index (χ3n) is 2.97. The van der Waals surface area contributed by atoms with Crippen molar-refractivity contribution in [3.05, 3.63) is 47.0 Å². The second-order valence-corrected chi connectivity index (χ2v) is 4.00. The molecule has 0 atom stereocenters. The van der Waals surface area contributed by atoms with E-state index in [4.69, 9.17) is 0 Å². The first kappa shape index (κ1) is 9.91. The number of aryl methyl sites for hydroxylation is 2. The lowest BCUT2D eigenvalue weighted by Crippen LogP contribution is -1.92. The molecule has 2 aromatic rings. The zero-order valence-electron chi connectivity index (χ0n) is 9.29. The lowest BCUT2D eigenvalue weighted by atomic mass is 9.98. The number of carbonyl (C=O) groups is 1. The maximum absolute atomic E-state index is 11.3. The molecule has 0 saturated heterocycles. The number of hydrogen-bond acceptors (Lipinski definition) is 1. The van der Waals surface area contributed by atoms with E-state index in [1.807, 2.05) is 18.2 Å². The molecule has 0 radical (unpaired) electrons. The molecule has 0 heterocycles. The van der Waals surface area contributed by atoms with Gasteiger partial charge in [-0.1, -0.05) is 24.3 Å². The summed E-state index contributed by atoms with van der Waals surface area (Å²) >= 11 is 0. The van der Waals surface area contributed by atoms with E-state index in [0.717, 1.165) is 5.56 Å². The Balaban J connectivity index is 2.79. The number of hydrogen-bond donors (Lipinski definition) is 0. The minimum Gasteiger partial charge on any atom is -0.295 e. The smallest absolute Gasteiger partial charge is 0.159 e. The summed E-state index contributed by atoms with van der Waals surface area (Å²) < 4.78 is 0. The van der Waals surface area contributed by atoms with Gasteiger partial charge in [0, 0.05) is 5.56 Å². The highest BCUT2D eigenvalue weighted by atomic mass is 16.1. The van der Waals surface area contributed by atoms with Crippen molar-refractivity contribution in [3.8, 4) is 0 Å². The van der Waals surface area contributed by atoms with Crippen LogP contribution in [0.5, 0.6) is 0 Å². The molecule has 2 rings (SSSR count). The average molecular weight is 198 g/mol. The van der Waals surface area contributed by atoms with Crippen LogP contribution in [0.25, 0.3) is 10.8 Å². The van der Waals surface area contributed by atoms with Gasteiger partial charge in [-0.15, -0.1) is 0 Å². The molecule has 0 aliphatic heterocycles. The van der Waals surface area contributed by atoms with E-state index in [1.54, 1.807) is 6.92 Å². The lowest BCUT2D eigenvalue weighted by Gasteiger charge is -2.06. The van der Waals surface area contributed by atoms with E-state index >= 15 is 0 Å². The van der Waals surface area contributed by atoms with E-state index in [0.29, 0.717) is 0 Å². The zero-order chi connectivity index (χ0) is 11.0. The Morgan fingerprint density at radius 1 is 1.07 bits per heavy atom. The van der Waals surface area contributed by atoms with E-state index in [2.05, 4.69) is 26.0 Å². The Bertz CT molecular complexity index is 538. The van der Waals surface area contributed by atoms with Crippen molar-refractivity contribution < 1.29 is 4.79 Å². The third-order valence-corrected chi connectivity index (χ3v) is 2.97. The van der Waals surface area contributed by atoms with Gasteiger partial charge in [0.2, 0.25) is 0 Å². The zero-order valence-corrected chi connectivity index (χ0v) is 9.29. The van der Waals surface area contributed by atoms with Gasteiger partial charge in [-0.2, -0.15) is 0 Å². The summed E-state index contributed by atoms with van der Waals surface area (Å²) in [7, 11) is 0. The summed E-state index contributed by atoms with van der Waals surface area (Å²) in [5.74, 6) is 0.123. The predicted octanol–water partition coefficient (Wildman–Crippen LogP) is 3.66. The molecular formula is C14H14O. The van der Waals surface area contributed by atoms with Crippen molar-refractivity contribution in [2.45, 2.75) is 20.8 Å². The summed E-state index contributed by atoms with van der Waals surface area (Å²) in [5, 5.41) is 2.38. The summed E-state index contributed by atoms with van der Waals surface area (Å²) in [5.41, 5.74) is 3.31. The quantitative estimate of drug-likeness (QED) is 0.639. The van der Waals surface area contributed by atoms with Gasteiger partial charge < -0.3 is 0 Å². The van der Waals surface area contributed by atoms with Crippen LogP contribution < -0.4 is 0 Å². The van der Waals surface area contributed by atoms with Gasteiger partial charge in [0.1, 0.15) is 0 Å². The fourth-order valence-electron chi connectivity index (χ4n) is 1.80. The molecule has 15 heavy (non-hydrogen) atoms. The van der Waals surface area contributed by atoms with Crippen LogP contribution in [-0.2, 0) is 0 Å². The molecule has 0 fully saturated rings. The van der Waals surface area contributed by atoms with Gasteiger partial charge in [0.25, 0.3) is 0 Å². The van der Waals surface area contributed by atoms with Crippen LogP contribution in [0.15, 0.2) is 30.3 Å². The highest BCUT2D eigenvalue weighted by molar-refractivity contribution is 5.99. The molecule has 0 aromatic heterocycles. The molecule has 1 nitrogen and oxygen atoms in total. The molecule has 2 aromatic carbocycles. The monoisotopic (exact) mass is 198 g/mol. The van der Waals surface area contributed by atoms with E-state index in [1.165, 1.54) is 21.9 Å². The molecule has 0 amide bonds. The lowest BCUT2D eigenvalue weighted by molar-refractivity contribution is 0.101. The molecule has 0 N–H and O–H groups in total. The molecule has 0 bridgehead atoms. The van der Waals surface area contributed by atoms with Crippen LogP contribution in [0.4, 0.5) is 0 Å². The first-order valence-electron chi connectivity index (χ1n) is 5.10. The van der Waals surface area contributed by atoms with E-state index in [9.17, 15) is 4.79 Å². The maximum atomic E-state index is 11.3. The fraction of sp³-hybridized carbons (Fsp3) is 0.214. The summed E-state index contributed by atoms with van der Waals surface area (Å²) in [4.78, 5) is 11.3. The molecular weight excluding hydrogens is 184 g/mol. The SMILES string of the molecule is CC(=O)c1ccc2ccc(C)c(C)c2c1. The standard InChI is InChI=1S/C14H14O/c1-9-4-5-12-6-7-13(11(3)15)8-14(12)10(9)2/h4-8H,1-3H3. The first-order chi connectivity index (χ1) is 7.09. The van der Waals surface area contributed by atoms with Crippen molar-refractivity contribution in [2.75, 3.05) is 0 Å². The van der Waals surface area contributed by atoms with Gasteiger partial charge >= 0.3 is 0 Å². The minimum absolute atomic E-state index is 0.123. The summed E-state index contributed by atoms with van der Waals surface area (Å²) in [6.45, 7) is 5.79. The van der Waals surface area contributed by atoms with Crippen molar-refractivity contribution in [2.24, 2.45) is 0 Å². The Morgan fingerprint density at radius 2 is 1.73 bits per heavy atom. The topological polar surface area (TPSA) is 17.1 Å². The van der Waals surface area contributed by atoms with E-state index < -0.39 is 0 Å². The van der Waals surface area contributed by atoms with Crippen molar-refractivity contribution in [3.63, 3.8) is 0 Å². The number of benzene rings is 2. The van der Waals surface area contributed by atoms with Gasteiger partial charge in [0.05, 0.1) is 0 Å². The van der Waals surface area contributed by atoms with Crippen molar-refractivity contribution in [1.82, 2.24) is 0 Å². The van der Waals surface area contributed by atoms with Gasteiger partial charge in [0.15, 0.2) is 5.78 Å². The number of Topliss-reactive ketones (excluding diaryl/α,β-unsaturated/α-hetero) is 1. The largest absolute Gasteiger partial charge is 0.295 e. The van der Waals surface area contributed by atoms with Crippen molar-refractivity contribution in [1.29, 1.82) is 0 Å². The van der Waals surface area contributed by atoms with Gasteiger partial charge in [-0.05, 0) is 48.7 Å². The second kappa shape index (κ2) is 3.50. The normalized spacial score (nSPS) is 10.6. The number of rotatable bonds is 1. The molecule has 1 heteroatoms. The van der Waals surface area contributed by atoms with Gasteiger partial charge in [-0.25, -0.2) is 0 Å². The molecule has 76 valence electrons. The maximum Gasteiger partial charge on any atom is 0.159 e. The molecule has 0 unspecified atom stereocenters. The Morgan fingerprint density at radius 3 is 2.40 bits per heavy atom. The Kier molecular flexibility index (Phi) is 2.31. The molecule has 0 saturated carbocycles. The van der Waals surface area contributed by atoms with Crippen LogP contribution in [0.2, 0.25) is 0 Å². The Labute approximate surface area is 89.7 Å². The number of carbonyl (C=O) groups excluding carboxylic acids is 1. The highest BCUT2D eigenvalue weighted by Crippen LogP contribution is 2.22. The number of ketones is 1. The Hall–Kier alpha value is -1.63.